The van der Waals surface area contributed by atoms with E-state index >= 15 is 0 Å². The first-order chi connectivity index (χ1) is 21.8. The van der Waals surface area contributed by atoms with E-state index in [0.717, 1.165) is 11.4 Å². The van der Waals surface area contributed by atoms with Gasteiger partial charge < -0.3 is 0 Å². The fourth-order valence-corrected chi connectivity index (χ4v) is 7.05. The second-order valence-electron chi connectivity index (χ2n) is 11.3. The Kier molecular flexibility index (Phi) is 5.54. The maximum Gasteiger partial charge on any atom is 0.159 e. The molecular weight excluding hydrogens is 532 g/mol. The maximum atomic E-state index is 4.62. The first kappa shape index (κ1) is 24.7. The highest BCUT2D eigenvalue weighted by molar-refractivity contribution is 6.27. The topological polar surface area (TPSA) is 25.8 Å². The van der Waals surface area contributed by atoms with E-state index in [2.05, 4.69) is 149 Å². The van der Waals surface area contributed by atoms with Crippen molar-refractivity contribution in [2.24, 2.45) is 0 Å². The summed E-state index contributed by atoms with van der Waals surface area (Å²) in [5.41, 5.74) is 5.96. The quantitative estimate of drug-likeness (QED) is 0.159. The molecule has 0 atom stereocenters. The average Bonchev–Trinajstić information content (AvgIpc) is 3.10. The summed E-state index contributed by atoms with van der Waals surface area (Å²) in [6, 6.07) is 52.7. The fourth-order valence-electron chi connectivity index (χ4n) is 7.05. The van der Waals surface area contributed by atoms with Crippen LogP contribution in [0, 0.1) is 0 Å². The minimum atomic E-state index is 0.726. The van der Waals surface area contributed by atoms with E-state index in [0.29, 0.717) is 0 Å². The van der Waals surface area contributed by atoms with Crippen LogP contribution in [0.15, 0.2) is 158 Å². The molecule has 0 aliphatic carbocycles. The lowest BCUT2D eigenvalue weighted by Crippen LogP contribution is -1.94. The van der Waals surface area contributed by atoms with Gasteiger partial charge in [-0.2, -0.15) is 0 Å². The lowest BCUT2D eigenvalue weighted by molar-refractivity contribution is 1.18. The summed E-state index contributed by atoms with van der Waals surface area (Å²) >= 11 is 0. The molecule has 0 saturated carbocycles. The van der Waals surface area contributed by atoms with Crippen LogP contribution >= 0.6 is 0 Å². The molecule has 0 spiro atoms. The summed E-state index contributed by atoms with van der Waals surface area (Å²) in [5.74, 6) is 0.726. The van der Waals surface area contributed by atoms with E-state index in [1.54, 1.807) is 0 Å². The second kappa shape index (κ2) is 9.86. The van der Waals surface area contributed by atoms with Crippen molar-refractivity contribution < 1.29 is 0 Å². The van der Waals surface area contributed by atoms with E-state index < -0.39 is 0 Å². The van der Waals surface area contributed by atoms with Crippen molar-refractivity contribution in [3.63, 3.8) is 0 Å². The van der Waals surface area contributed by atoms with Crippen molar-refractivity contribution >= 4 is 53.9 Å². The van der Waals surface area contributed by atoms with Gasteiger partial charge in [-0.15, -0.1) is 0 Å². The Hall–Kier alpha value is -5.86. The third-order valence-electron chi connectivity index (χ3n) is 8.94. The molecule has 0 bridgehead atoms. The van der Waals surface area contributed by atoms with Crippen molar-refractivity contribution in [2.75, 3.05) is 0 Å². The van der Waals surface area contributed by atoms with Crippen molar-refractivity contribution in [3.8, 4) is 33.6 Å². The second-order valence-corrected chi connectivity index (χ2v) is 11.3. The summed E-state index contributed by atoms with van der Waals surface area (Å²) in [6.07, 6.45) is 3.62. The van der Waals surface area contributed by atoms with Crippen LogP contribution in [-0.2, 0) is 0 Å². The molecule has 9 aromatic rings. The highest BCUT2D eigenvalue weighted by Crippen LogP contribution is 2.48. The van der Waals surface area contributed by atoms with Gasteiger partial charge in [-0.3, -0.25) is 0 Å². The molecule has 0 aliphatic heterocycles. The minimum Gasteiger partial charge on any atom is -0.237 e. The van der Waals surface area contributed by atoms with Gasteiger partial charge in [-0.25, -0.2) is 9.97 Å². The van der Waals surface area contributed by atoms with Crippen LogP contribution in [0.25, 0.3) is 87.5 Å². The third kappa shape index (κ3) is 3.75. The lowest BCUT2D eigenvalue weighted by Gasteiger charge is -2.21. The highest BCUT2D eigenvalue weighted by Gasteiger charge is 2.20. The van der Waals surface area contributed by atoms with E-state index in [4.69, 9.17) is 0 Å². The Labute approximate surface area is 254 Å². The van der Waals surface area contributed by atoms with Crippen molar-refractivity contribution in [1.29, 1.82) is 0 Å². The summed E-state index contributed by atoms with van der Waals surface area (Å²) in [5, 5.41) is 12.4. The Morgan fingerprint density at radius 3 is 1.66 bits per heavy atom. The number of rotatable bonds is 3. The Morgan fingerprint density at radius 1 is 0.318 bits per heavy atom. The zero-order chi connectivity index (χ0) is 29.0. The summed E-state index contributed by atoms with van der Waals surface area (Å²) in [7, 11) is 0. The van der Waals surface area contributed by atoms with Crippen LogP contribution in [0.5, 0.6) is 0 Å². The largest absolute Gasteiger partial charge is 0.237 e. The van der Waals surface area contributed by atoms with E-state index in [1.807, 2.05) is 18.5 Å². The standard InChI is InChI=1S/C42H26N2/c1-3-14-30-27(11-1)13-9-20-34(30)40-35-18-7-8-19-36(35)41(37-22-21-29(26-39(37)40)42-43-23-10-24-44-42)38-25-28-12-2-4-15-31(28)32-16-5-6-17-33(32)38/h1-26H. The first-order valence-electron chi connectivity index (χ1n) is 15.0. The third-order valence-corrected chi connectivity index (χ3v) is 8.94. The Bertz CT molecular complexity index is 2540. The van der Waals surface area contributed by atoms with E-state index in [9.17, 15) is 0 Å². The number of benzene rings is 8. The molecule has 1 heterocycles. The number of aromatic nitrogens is 2. The van der Waals surface area contributed by atoms with Gasteiger partial charge in [-0.05, 0) is 94.3 Å². The van der Waals surface area contributed by atoms with Gasteiger partial charge in [-0.1, -0.05) is 127 Å². The zero-order valence-electron chi connectivity index (χ0n) is 23.9. The molecule has 0 aliphatic rings. The molecule has 204 valence electrons. The molecule has 0 amide bonds. The van der Waals surface area contributed by atoms with Crippen molar-refractivity contribution in [3.05, 3.63) is 158 Å². The average molecular weight is 559 g/mol. The lowest BCUT2D eigenvalue weighted by atomic mass is 9.82. The molecule has 1 aromatic heterocycles. The van der Waals surface area contributed by atoms with Gasteiger partial charge in [0.15, 0.2) is 5.82 Å². The molecule has 9 rings (SSSR count). The maximum absolute atomic E-state index is 4.62. The highest BCUT2D eigenvalue weighted by atomic mass is 14.8. The van der Waals surface area contributed by atoms with Crippen LogP contribution in [0.3, 0.4) is 0 Å². The van der Waals surface area contributed by atoms with Gasteiger partial charge >= 0.3 is 0 Å². The molecule has 0 saturated heterocycles. The SMILES string of the molecule is c1cnc(-c2ccc3c(-c4cc5ccccc5c5ccccc45)c4ccccc4c(-c4cccc5ccccc45)c3c2)nc1. The van der Waals surface area contributed by atoms with Gasteiger partial charge in [0, 0.05) is 18.0 Å². The molecule has 2 heteroatoms. The number of fused-ring (bicyclic) bond motifs is 6. The molecule has 0 radical (unpaired) electrons. The smallest absolute Gasteiger partial charge is 0.159 e. The predicted octanol–water partition coefficient (Wildman–Crippen LogP) is 11.2. The number of hydrogen-bond acceptors (Lipinski definition) is 2. The summed E-state index contributed by atoms with van der Waals surface area (Å²) < 4.78 is 0. The molecule has 0 N–H and O–H groups in total. The van der Waals surface area contributed by atoms with Gasteiger partial charge in [0.2, 0.25) is 0 Å². The first-order valence-corrected chi connectivity index (χ1v) is 15.0. The van der Waals surface area contributed by atoms with E-state index in [-0.39, 0.29) is 0 Å². The molecule has 8 aromatic carbocycles. The summed E-state index contributed by atoms with van der Waals surface area (Å²) in [6.45, 7) is 0. The van der Waals surface area contributed by atoms with E-state index in [1.165, 1.54) is 76.1 Å². The molecule has 44 heavy (non-hydrogen) atoms. The molecule has 2 nitrogen and oxygen atoms in total. The normalized spacial score (nSPS) is 11.6. The molecular formula is C42H26N2. The minimum absolute atomic E-state index is 0.726. The number of hydrogen-bond donors (Lipinski definition) is 0. The van der Waals surface area contributed by atoms with Crippen LogP contribution < -0.4 is 0 Å². The molecule has 0 fully saturated rings. The summed E-state index contributed by atoms with van der Waals surface area (Å²) in [4.78, 5) is 9.23. The monoisotopic (exact) mass is 558 g/mol. The fraction of sp³-hybridized carbons (Fsp3) is 0. The predicted molar refractivity (Wildman–Crippen MR) is 186 cm³/mol. The van der Waals surface area contributed by atoms with Crippen LogP contribution in [0.4, 0.5) is 0 Å². The van der Waals surface area contributed by atoms with Crippen LogP contribution in [0.2, 0.25) is 0 Å². The molecule has 0 unspecified atom stereocenters. The van der Waals surface area contributed by atoms with Gasteiger partial charge in [0.25, 0.3) is 0 Å². The Balaban J connectivity index is 1.50. The zero-order valence-corrected chi connectivity index (χ0v) is 23.9. The van der Waals surface area contributed by atoms with Crippen LogP contribution in [-0.4, -0.2) is 9.97 Å². The number of nitrogens with zero attached hydrogens (tertiary/aromatic N) is 2. The van der Waals surface area contributed by atoms with Crippen molar-refractivity contribution in [1.82, 2.24) is 9.97 Å². The van der Waals surface area contributed by atoms with Crippen LogP contribution in [0.1, 0.15) is 0 Å². The Morgan fingerprint density at radius 2 is 0.886 bits per heavy atom. The van der Waals surface area contributed by atoms with Crippen molar-refractivity contribution in [2.45, 2.75) is 0 Å². The van der Waals surface area contributed by atoms with Gasteiger partial charge in [0.05, 0.1) is 0 Å². The van der Waals surface area contributed by atoms with Gasteiger partial charge in [0.1, 0.15) is 0 Å².